The maximum absolute atomic E-state index is 10.6. The van der Waals surface area contributed by atoms with Crippen molar-refractivity contribution >= 4 is 16.7 Å². The molecule has 0 saturated heterocycles. The first-order chi connectivity index (χ1) is 10.3. The molecule has 1 aliphatic rings. The second-order valence-corrected chi connectivity index (χ2v) is 5.58. The quantitative estimate of drug-likeness (QED) is 0.748. The molecule has 21 heavy (non-hydrogen) atoms. The van der Waals surface area contributed by atoms with E-state index in [2.05, 4.69) is 23.5 Å². The van der Waals surface area contributed by atoms with Crippen LogP contribution in [0.3, 0.4) is 0 Å². The van der Waals surface area contributed by atoms with Gasteiger partial charge in [-0.2, -0.15) is 0 Å². The van der Waals surface area contributed by atoms with Crippen LogP contribution in [-0.4, -0.2) is 11.1 Å². The zero-order valence-corrected chi connectivity index (χ0v) is 11.6. The number of rotatable bonds is 2. The number of hydrogen-bond acceptors (Lipinski definition) is 3. The first-order valence-electron chi connectivity index (χ1n) is 7.32. The summed E-state index contributed by atoms with van der Waals surface area (Å²) in [5.41, 5.74) is 3.25. The number of anilines is 1. The number of benzene rings is 2. The zero-order valence-electron chi connectivity index (χ0n) is 11.6. The monoisotopic (exact) mass is 279 g/mol. The maximum atomic E-state index is 10.6. The first kappa shape index (κ1) is 12.5. The number of furan rings is 1. The van der Waals surface area contributed by atoms with Gasteiger partial charge in [0, 0.05) is 11.1 Å². The van der Waals surface area contributed by atoms with E-state index in [-0.39, 0.29) is 6.04 Å². The van der Waals surface area contributed by atoms with Crippen LogP contribution in [0, 0.1) is 0 Å². The Hall–Kier alpha value is -2.26. The van der Waals surface area contributed by atoms with E-state index in [1.54, 1.807) is 0 Å². The molecule has 2 N–H and O–H groups in total. The Balaban J connectivity index is 1.62. The minimum atomic E-state index is -0.634. The van der Waals surface area contributed by atoms with Crippen molar-refractivity contribution in [2.45, 2.75) is 25.0 Å². The van der Waals surface area contributed by atoms with Crippen molar-refractivity contribution in [1.82, 2.24) is 0 Å². The van der Waals surface area contributed by atoms with Crippen LogP contribution < -0.4 is 5.32 Å². The first-order valence-corrected chi connectivity index (χ1v) is 7.32. The molecule has 0 spiro atoms. The van der Waals surface area contributed by atoms with Gasteiger partial charge >= 0.3 is 0 Å². The summed E-state index contributed by atoms with van der Waals surface area (Å²) < 4.78 is 5.78. The lowest BCUT2D eigenvalue weighted by Crippen LogP contribution is -2.31. The van der Waals surface area contributed by atoms with Gasteiger partial charge in [-0.25, -0.2) is 0 Å². The van der Waals surface area contributed by atoms with Gasteiger partial charge in [0.15, 0.2) is 0 Å². The molecule has 3 aromatic rings. The van der Waals surface area contributed by atoms with Gasteiger partial charge in [-0.3, -0.25) is 0 Å². The highest BCUT2D eigenvalue weighted by Gasteiger charge is 2.27. The lowest BCUT2D eigenvalue weighted by molar-refractivity contribution is 0.126. The van der Waals surface area contributed by atoms with Gasteiger partial charge in [-0.05, 0) is 36.6 Å². The van der Waals surface area contributed by atoms with E-state index in [0.29, 0.717) is 5.76 Å². The molecule has 2 atom stereocenters. The molecule has 2 heterocycles. The molecule has 1 aromatic heterocycles. The second kappa shape index (κ2) is 4.93. The molecule has 0 fully saturated rings. The van der Waals surface area contributed by atoms with E-state index in [1.165, 1.54) is 5.56 Å². The molecule has 0 saturated carbocycles. The Morgan fingerprint density at radius 2 is 1.90 bits per heavy atom. The molecular weight excluding hydrogens is 262 g/mol. The number of aliphatic hydroxyl groups is 1. The molecule has 1 aliphatic heterocycles. The van der Waals surface area contributed by atoms with Crippen LogP contribution >= 0.6 is 0 Å². The average Bonchev–Trinajstić information content (AvgIpc) is 2.97. The Morgan fingerprint density at radius 1 is 1.10 bits per heavy atom. The zero-order chi connectivity index (χ0) is 14.2. The van der Waals surface area contributed by atoms with E-state index in [1.807, 2.05) is 36.4 Å². The summed E-state index contributed by atoms with van der Waals surface area (Å²) in [5, 5.41) is 15.1. The summed E-state index contributed by atoms with van der Waals surface area (Å²) in [4.78, 5) is 0. The van der Waals surface area contributed by atoms with Gasteiger partial charge in [-0.15, -0.1) is 0 Å². The van der Waals surface area contributed by atoms with Crippen LogP contribution in [0.15, 0.2) is 59.0 Å². The standard InChI is InChI=1S/C18H17NO2/c20-18(17-11-13-6-2-4-8-16(13)21-17)15-10-9-12-5-1-3-7-14(12)19-15/h1-8,11,15,18-20H,9-10H2. The Labute approximate surface area is 123 Å². The van der Waals surface area contributed by atoms with E-state index in [9.17, 15) is 5.11 Å². The van der Waals surface area contributed by atoms with E-state index < -0.39 is 6.10 Å². The van der Waals surface area contributed by atoms with Gasteiger partial charge in [-0.1, -0.05) is 36.4 Å². The smallest absolute Gasteiger partial charge is 0.135 e. The van der Waals surface area contributed by atoms with E-state index in [4.69, 9.17) is 4.42 Å². The SMILES string of the molecule is OC(c1cc2ccccc2o1)C1CCc2ccccc2N1. The van der Waals surface area contributed by atoms with Gasteiger partial charge in [0.05, 0.1) is 6.04 Å². The van der Waals surface area contributed by atoms with Crippen LogP contribution in [0.5, 0.6) is 0 Å². The topological polar surface area (TPSA) is 45.4 Å². The van der Waals surface area contributed by atoms with Gasteiger partial charge < -0.3 is 14.8 Å². The molecule has 0 aliphatic carbocycles. The van der Waals surface area contributed by atoms with Crippen molar-refractivity contribution in [1.29, 1.82) is 0 Å². The predicted molar refractivity (Wildman–Crippen MR) is 83.3 cm³/mol. The van der Waals surface area contributed by atoms with Crippen molar-refractivity contribution in [3.05, 3.63) is 65.9 Å². The molecule has 4 rings (SSSR count). The number of aryl methyl sites for hydroxylation is 1. The van der Waals surface area contributed by atoms with E-state index in [0.717, 1.165) is 29.5 Å². The van der Waals surface area contributed by atoms with Crippen molar-refractivity contribution in [3.8, 4) is 0 Å². The molecule has 0 amide bonds. The maximum Gasteiger partial charge on any atom is 0.135 e. The largest absolute Gasteiger partial charge is 0.458 e. The van der Waals surface area contributed by atoms with Crippen molar-refractivity contribution in [2.24, 2.45) is 0 Å². The minimum absolute atomic E-state index is 0.0135. The molecule has 3 heteroatoms. The van der Waals surface area contributed by atoms with Crippen LogP contribution in [0.25, 0.3) is 11.0 Å². The second-order valence-electron chi connectivity index (χ2n) is 5.58. The van der Waals surface area contributed by atoms with Crippen LogP contribution in [0.1, 0.15) is 23.8 Å². The third kappa shape index (κ3) is 2.20. The third-order valence-electron chi connectivity index (χ3n) is 4.20. The summed E-state index contributed by atoms with van der Waals surface area (Å²) >= 11 is 0. The Kier molecular flexibility index (Phi) is 2.93. The predicted octanol–water partition coefficient (Wildman–Crippen LogP) is 3.89. The number of aliphatic hydroxyl groups excluding tert-OH is 1. The molecule has 3 nitrogen and oxygen atoms in total. The van der Waals surface area contributed by atoms with Gasteiger partial charge in [0.2, 0.25) is 0 Å². The lowest BCUT2D eigenvalue weighted by Gasteiger charge is -2.29. The molecule has 106 valence electrons. The Bertz CT molecular complexity index is 744. The fourth-order valence-corrected chi connectivity index (χ4v) is 3.05. The molecule has 0 bridgehead atoms. The fourth-order valence-electron chi connectivity index (χ4n) is 3.05. The summed E-state index contributed by atoms with van der Waals surface area (Å²) in [6, 6.07) is 18.0. The molecular formula is C18H17NO2. The highest BCUT2D eigenvalue weighted by Crippen LogP contribution is 2.32. The van der Waals surface area contributed by atoms with E-state index >= 15 is 0 Å². The molecule has 2 aromatic carbocycles. The highest BCUT2D eigenvalue weighted by atomic mass is 16.4. The lowest BCUT2D eigenvalue weighted by atomic mass is 9.94. The van der Waals surface area contributed by atoms with Crippen molar-refractivity contribution in [2.75, 3.05) is 5.32 Å². The van der Waals surface area contributed by atoms with Crippen molar-refractivity contribution in [3.63, 3.8) is 0 Å². The summed E-state index contributed by atoms with van der Waals surface area (Å²) in [6.07, 6.45) is 1.24. The fraction of sp³-hybridized carbons (Fsp3) is 0.222. The van der Waals surface area contributed by atoms with Crippen molar-refractivity contribution < 1.29 is 9.52 Å². The summed E-state index contributed by atoms with van der Waals surface area (Å²) in [5.74, 6) is 0.632. The highest BCUT2D eigenvalue weighted by molar-refractivity contribution is 5.77. The minimum Gasteiger partial charge on any atom is -0.458 e. The van der Waals surface area contributed by atoms with Gasteiger partial charge in [0.1, 0.15) is 17.4 Å². The molecule has 0 radical (unpaired) electrons. The summed E-state index contributed by atoms with van der Waals surface area (Å²) in [7, 11) is 0. The number of para-hydroxylation sites is 2. The third-order valence-corrected chi connectivity index (χ3v) is 4.20. The van der Waals surface area contributed by atoms with Crippen LogP contribution in [-0.2, 0) is 6.42 Å². The summed E-state index contributed by atoms with van der Waals surface area (Å²) in [6.45, 7) is 0. The Morgan fingerprint density at radius 3 is 2.81 bits per heavy atom. The van der Waals surface area contributed by atoms with Crippen LogP contribution in [0.2, 0.25) is 0 Å². The average molecular weight is 279 g/mol. The molecule has 2 unspecified atom stereocenters. The van der Waals surface area contributed by atoms with Gasteiger partial charge in [0.25, 0.3) is 0 Å². The number of nitrogens with one attached hydrogen (secondary N) is 1. The number of fused-ring (bicyclic) bond motifs is 2. The normalized spacial score (nSPS) is 19.0. The van der Waals surface area contributed by atoms with Crippen LogP contribution in [0.4, 0.5) is 5.69 Å². The number of hydrogen-bond donors (Lipinski definition) is 2.